The zero-order chi connectivity index (χ0) is 18.4. The maximum Gasteiger partial charge on any atom is 0.235 e. The first-order chi connectivity index (χ1) is 12.6. The quantitative estimate of drug-likeness (QED) is 0.716. The van der Waals surface area contributed by atoms with Gasteiger partial charge in [-0.05, 0) is 42.9 Å². The summed E-state index contributed by atoms with van der Waals surface area (Å²) in [5, 5.41) is 5.66. The second-order valence-electron chi connectivity index (χ2n) is 6.67. The SMILES string of the molecule is O=C(NCCc1ccccc1)C1(C(=O)NCCc2ccccc2F)CC1. The molecule has 5 heteroatoms. The Balaban J connectivity index is 1.44. The Hall–Kier alpha value is -2.69. The maximum atomic E-state index is 13.6. The summed E-state index contributed by atoms with van der Waals surface area (Å²) in [5.41, 5.74) is 0.767. The van der Waals surface area contributed by atoms with Gasteiger partial charge < -0.3 is 10.6 Å². The fraction of sp³-hybridized carbons (Fsp3) is 0.333. The fourth-order valence-corrected chi connectivity index (χ4v) is 3.00. The molecule has 0 aliphatic heterocycles. The molecule has 0 radical (unpaired) electrons. The molecule has 4 nitrogen and oxygen atoms in total. The maximum absolute atomic E-state index is 13.6. The number of carbonyl (C=O) groups is 2. The van der Waals surface area contributed by atoms with Gasteiger partial charge in [-0.25, -0.2) is 4.39 Å². The zero-order valence-electron chi connectivity index (χ0n) is 14.6. The van der Waals surface area contributed by atoms with Crippen LogP contribution >= 0.6 is 0 Å². The molecule has 3 rings (SSSR count). The van der Waals surface area contributed by atoms with Gasteiger partial charge in [0, 0.05) is 13.1 Å². The van der Waals surface area contributed by atoms with Crippen LogP contribution in [0, 0.1) is 11.2 Å². The number of rotatable bonds is 8. The van der Waals surface area contributed by atoms with Crippen LogP contribution in [0.3, 0.4) is 0 Å². The highest BCUT2D eigenvalue weighted by molar-refractivity contribution is 6.07. The number of amides is 2. The number of hydrogen-bond donors (Lipinski definition) is 2. The van der Waals surface area contributed by atoms with E-state index >= 15 is 0 Å². The number of nitrogens with one attached hydrogen (secondary N) is 2. The van der Waals surface area contributed by atoms with Crippen LogP contribution in [-0.2, 0) is 22.4 Å². The average Bonchev–Trinajstić information content (AvgIpc) is 3.46. The lowest BCUT2D eigenvalue weighted by Gasteiger charge is -2.15. The molecule has 2 N–H and O–H groups in total. The van der Waals surface area contributed by atoms with E-state index in [1.165, 1.54) is 6.07 Å². The molecule has 2 aromatic carbocycles. The van der Waals surface area contributed by atoms with Gasteiger partial charge in [0.05, 0.1) is 0 Å². The van der Waals surface area contributed by atoms with Crippen molar-refractivity contribution in [3.05, 3.63) is 71.5 Å². The minimum Gasteiger partial charge on any atom is -0.355 e. The number of carbonyl (C=O) groups excluding carboxylic acids is 2. The monoisotopic (exact) mass is 354 g/mol. The van der Waals surface area contributed by atoms with Gasteiger partial charge in [0.2, 0.25) is 11.8 Å². The molecule has 0 aromatic heterocycles. The number of hydrogen-bond acceptors (Lipinski definition) is 2. The van der Waals surface area contributed by atoms with Crippen molar-refractivity contribution in [3.8, 4) is 0 Å². The Morgan fingerprint density at radius 1 is 0.846 bits per heavy atom. The van der Waals surface area contributed by atoms with E-state index < -0.39 is 5.41 Å². The van der Waals surface area contributed by atoms with Gasteiger partial charge in [0.25, 0.3) is 0 Å². The summed E-state index contributed by atoms with van der Waals surface area (Å²) in [6, 6.07) is 16.4. The van der Waals surface area contributed by atoms with Gasteiger partial charge in [-0.1, -0.05) is 48.5 Å². The van der Waals surface area contributed by atoms with Crippen molar-refractivity contribution < 1.29 is 14.0 Å². The molecule has 1 aliphatic rings. The minimum absolute atomic E-state index is 0.211. The fourth-order valence-electron chi connectivity index (χ4n) is 3.00. The Morgan fingerprint density at radius 3 is 2.04 bits per heavy atom. The van der Waals surface area contributed by atoms with Crippen LogP contribution in [0.5, 0.6) is 0 Å². The van der Waals surface area contributed by atoms with E-state index in [0.29, 0.717) is 37.9 Å². The molecule has 0 unspecified atom stereocenters. The topological polar surface area (TPSA) is 58.2 Å². The Kier molecular flexibility index (Phi) is 5.66. The summed E-state index contributed by atoms with van der Waals surface area (Å²) in [7, 11) is 0. The van der Waals surface area contributed by atoms with E-state index in [-0.39, 0.29) is 17.6 Å². The van der Waals surface area contributed by atoms with Gasteiger partial charge in [-0.15, -0.1) is 0 Å². The summed E-state index contributed by atoms with van der Waals surface area (Å²) in [4.78, 5) is 24.8. The third-order valence-corrected chi connectivity index (χ3v) is 4.80. The molecule has 0 bridgehead atoms. The lowest BCUT2D eigenvalue weighted by atomic mass is 10.0. The number of benzene rings is 2. The molecule has 0 spiro atoms. The zero-order valence-corrected chi connectivity index (χ0v) is 14.6. The Morgan fingerprint density at radius 2 is 1.42 bits per heavy atom. The van der Waals surface area contributed by atoms with Crippen LogP contribution in [0.2, 0.25) is 0 Å². The molecule has 0 saturated heterocycles. The predicted molar refractivity (Wildman–Crippen MR) is 97.9 cm³/mol. The van der Waals surface area contributed by atoms with Gasteiger partial charge in [0.1, 0.15) is 11.2 Å². The highest BCUT2D eigenvalue weighted by Crippen LogP contribution is 2.46. The average molecular weight is 354 g/mol. The normalized spacial score (nSPS) is 14.5. The molecule has 0 heterocycles. The standard InChI is InChI=1S/C21H23FN2O2/c22-18-9-5-4-8-17(18)11-15-24-20(26)21(12-13-21)19(25)23-14-10-16-6-2-1-3-7-16/h1-9H,10-15H2,(H,23,25)(H,24,26). The van der Waals surface area contributed by atoms with Crippen LogP contribution < -0.4 is 10.6 Å². The van der Waals surface area contributed by atoms with Crippen molar-refractivity contribution in [1.82, 2.24) is 10.6 Å². The highest BCUT2D eigenvalue weighted by atomic mass is 19.1. The van der Waals surface area contributed by atoms with Gasteiger partial charge >= 0.3 is 0 Å². The highest BCUT2D eigenvalue weighted by Gasteiger charge is 2.56. The molecule has 0 atom stereocenters. The van der Waals surface area contributed by atoms with Gasteiger partial charge in [-0.3, -0.25) is 9.59 Å². The van der Waals surface area contributed by atoms with Crippen molar-refractivity contribution in [2.45, 2.75) is 25.7 Å². The third-order valence-electron chi connectivity index (χ3n) is 4.80. The third kappa shape index (κ3) is 4.28. The summed E-state index contributed by atoms with van der Waals surface area (Å²) in [6.45, 7) is 0.825. The van der Waals surface area contributed by atoms with Crippen LogP contribution in [0.1, 0.15) is 24.0 Å². The molecule has 136 valence electrons. The summed E-state index contributed by atoms with van der Waals surface area (Å²) in [5.74, 6) is -0.746. The van der Waals surface area contributed by atoms with Gasteiger partial charge in [-0.2, -0.15) is 0 Å². The molecule has 1 aliphatic carbocycles. The van der Waals surface area contributed by atoms with E-state index in [2.05, 4.69) is 10.6 Å². The Labute approximate surface area is 152 Å². The first kappa shape index (κ1) is 18.1. The van der Waals surface area contributed by atoms with Crippen molar-refractivity contribution in [2.24, 2.45) is 5.41 Å². The molecule has 1 saturated carbocycles. The second kappa shape index (κ2) is 8.13. The summed E-state index contributed by atoms with van der Waals surface area (Å²) >= 11 is 0. The lowest BCUT2D eigenvalue weighted by molar-refractivity contribution is -0.137. The van der Waals surface area contributed by atoms with Crippen molar-refractivity contribution >= 4 is 11.8 Å². The summed E-state index contributed by atoms with van der Waals surface area (Å²) in [6.07, 6.45) is 2.27. The van der Waals surface area contributed by atoms with Crippen molar-refractivity contribution in [1.29, 1.82) is 0 Å². The first-order valence-electron chi connectivity index (χ1n) is 8.96. The Bertz CT molecular complexity index is 773. The van der Waals surface area contributed by atoms with Crippen LogP contribution in [0.15, 0.2) is 54.6 Å². The smallest absolute Gasteiger partial charge is 0.235 e. The van der Waals surface area contributed by atoms with Crippen LogP contribution in [0.25, 0.3) is 0 Å². The molecular formula is C21H23FN2O2. The molecule has 2 aromatic rings. The largest absolute Gasteiger partial charge is 0.355 e. The molecule has 26 heavy (non-hydrogen) atoms. The second-order valence-corrected chi connectivity index (χ2v) is 6.67. The van der Waals surface area contributed by atoms with E-state index in [1.807, 2.05) is 30.3 Å². The van der Waals surface area contributed by atoms with E-state index in [9.17, 15) is 14.0 Å². The van der Waals surface area contributed by atoms with E-state index in [1.54, 1.807) is 18.2 Å². The minimum atomic E-state index is -0.939. The van der Waals surface area contributed by atoms with E-state index in [0.717, 1.165) is 12.0 Å². The molecule has 1 fully saturated rings. The van der Waals surface area contributed by atoms with Crippen molar-refractivity contribution in [2.75, 3.05) is 13.1 Å². The van der Waals surface area contributed by atoms with Crippen LogP contribution in [-0.4, -0.2) is 24.9 Å². The first-order valence-corrected chi connectivity index (χ1v) is 8.96. The predicted octanol–water partition coefficient (Wildman–Crippen LogP) is 2.62. The summed E-state index contributed by atoms with van der Waals surface area (Å²) < 4.78 is 13.6. The molecular weight excluding hydrogens is 331 g/mol. The lowest BCUT2D eigenvalue weighted by Crippen LogP contribution is -2.44. The van der Waals surface area contributed by atoms with E-state index in [4.69, 9.17) is 0 Å². The molecule has 2 amide bonds. The number of halogens is 1. The van der Waals surface area contributed by atoms with Crippen molar-refractivity contribution in [3.63, 3.8) is 0 Å². The van der Waals surface area contributed by atoms with Gasteiger partial charge in [0.15, 0.2) is 0 Å². The van der Waals surface area contributed by atoms with Crippen LogP contribution in [0.4, 0.5) is 4.39 Å².